The second kappa shape index (κ2) is 3.95. The number of esters is 1. The lowest BCUT2D eigenvalue weighted by molar-refractivity contribution is 0.0526. The highest BCUT2D eigenvalue weighted by molar-refractivity contribution is 6.35. The summed E-state index contributed by atoms with van der Waals surface area (Å²) in [5.74, 6) is -0.345. The molecule has 1 aromatic carbocycles. The monoisotopic (exact) mass is 223 g/mol. The van der Waals surface area contributed by atoms with Gasteiger partial charge in [-0.3, -0.25) is 0 Å². The van der Waals surface area contributed by atoms with Gasteiger partial charge < -0.3 is 9.72 Å². The molecule has 0 unspecified atom stereocenters. The zero-order valence-corrected chi connectivity index (χ0v) is 8.97. The highest BCUT2D eigenvalue weighted by Crippen LogP contribution is 2.24. The molecule has 1 aromatic heterocycles. The van der Waals surface area contributed by atoms with Gasteiger partial charge in [-0.05, 0) is 25.1 Å². The molecule has 0 amide bonds. The van der Waals surface area contributed by atoms with Crippen LogP contribution in [0.3, 0.4) is 0 Å². The SMILES string of the molecule is CCOC(=O)c1cc(Cl)c2[nH]ccc2c1. The third-order valence-corrected chi connectivity index (χ3v) is 2.42. The number of aromatic amines is 1. The van der Waals surface area contributed by atoms with Crippen molar-refractivity contribution in [1.82, 2.24) is 4.98 Å². The van der Waals surface area contributed by atoms with Crippen molar-refractivity contribution in [1.29, 1.82) is 0 Å². The van der Waals surface area contributed by atoms with Gasteiger partial charge in [-0.2, -0.15) is 0 Å². The van der Waals surface area contributed by atoms with Crippen LogP contribution in [-0.2, 0) is 4.74 Å². The van der Waals surface area contributed by atoms with Gasteiger partial charge >= 0.3 is 5.97 Å². The number of rotatable bonds is 2. The number of fused-ring (bicyclic) bond motifs is 1. The Morgan fingerprint density at radius 3 is 3.07 bits per heavy atom. The van der Waals surface area contributed by atoms with E-state index in [1.165, 1.54) is 0 Å². The molecule has 1 N–H and O–H groups in total. The summed E-state index contributed by atoms with van der Waals surface area (Å²) in [6.07, 6.45) is 1.78. The standard InChI is InChI=1S/C11H10ClNO2/c1-2-15-11(14)8-5-7-3-4-13-10(7)9(12)6-8/h3-6,13H,2H2,1H3. The van der Waals surface area contributed by atoms with Gasteiger partial charge in [-0.15, -0.1) is 0 Å². The summed E-state index contributed by atoms with van der Waals surface area (Å²) in [7, 11) is 0. The maximum atomic E-state index is 11.5. The Kier molecular flexibility index (Phi) is 2.64. The minimum Gasteiger partial charge on any atom is -0.462 e. The molecule has 1 heterocycles. The van der Waals surface area contributed by atoms with Gasteiger partial charge in [0, 0.05) is 11.6 Å². The van der Waals surface area contributed by atoms with Crippen molar-refractivity contribution < 1.29 is 9.53 Å². The Bertz CT molecular complexity index is 504. The summed E-state index contributed by atoms with van der Waals surface area (Å²) in [6.45, 7) is 2.13. The van der Waals surface area contributed by atoms with Crippen LogP contribution in [0.4, 0.5) is 0 Å². The molecule has 0 radical (unpaired) electrons. The Morgan fingerprint density at radius 1 is 1.53 bits per heavy atom. The van der Waals surface area contributed by atoms with Crippen molar-refractivity contribution >= 4 is 28.5 Å². The van der Waals surface area contributed by atoms with Crippen molar-refractivity contribution in [2.45, 2.75) is 6.92 Å². The Balaban J connectivity index is 2.49. The molecule has 0 saturated carbocycles. The number of H-pyrrole nitrogens is 1. The molecule has 0 bridgehead atoms. The first-order valence-electron chi connectivity index (χ1n) is 4.66. The van der Waals surface area contributed by atoms with Crippen molar-refractivity contribution in [2.75, 3.05) is 6.61 Å². The zero-order valence-electron chi connectivity index (χ0n) is 8.21. The fourth-order valence-electron chi connectivity index (χ4n) is 1.46. The fourth-order valence-corrected chi connectivity index (χ4v) is 1.74. The number of ether oxygens (including phenoxy) is 1. The summed E-state index contributed by atoms with van der Waals surface area (Å²) in [6, 6.07) is 5.23. The summed E-state index contributed by atoms with van der Waals surface area (Å²) < 4.78 is 4.90. The van der Waals surface area contributed by atoms with Crippen LogP contribution >= 0.6 is 11.6 Å². The number of hydrogen-bond donors (Lipinski definition) is 1. The molecule has 4 heteroatoms. The van der Waals surface area contributed by atoms with Gasteiger partial charge in [-0.25, -0.2) is 4.79 Å². The van der Waals surface area contributed by atoms with Gasteiger partial charge in [0.05, 0.1) is 22.7 Å². The predicted molar refractivity (Wildman–Crippen MR) is 59.3 cm³/mol. The van der Waals surface area contributed by atoms with Crippen LogP contribution in [0.2, 0.25) is 5.02 Å². The van der Waals surface area contributed by atoms with Crippen molar-refractivity contribution in [3.63, 3.8) is 0 Å². The zero-order chi connectivity index (χ0) is 10.8. The first kappa shape index (κ1) is 10.1. The summed E-state index contributed by atoms with van der Waals surface area (Å²) >= 11 is 6.01. The van der Waals surface area contributed by atoms with E-state index >= 15 is 0 Å². The van der Waals surface area contributed by atoms with E-state index in [4.69, 9.17) is 16.3 Å². The van der Waals surface area contributed by atoms with Crippen LogP contribution in [0.25, 0.3) is 10.9 Å². The van der Waals surface area contributed by atoms with Gasteiger partial charge in [0.15, 0.2) is 0 Å². The molecule has 0 aliphatic rings. The predicted octanol–water partition coefficient (Wildman–Crippen LogP) is 3.00. The third-order valence-electron chi connectivity index (χ3n) is 2.12. The molecule has 0 aliphatic carbocycles. The molecule has 15 heavy (non-hydrogen) atoms. The van der Waals surface area contributed by atoms with E-state index in [1.807, 2.05) is 6.07 Å². The normalized spacial score (nSPS) is 10.5. The molecule has 0 spiro atoms. The van der Waals surface area contributed by atoms with Crippen molar-refractivity contribution in [3.8, 4) is 0 Å². The van der Waals surface area contributed by atoms with Gasteiger partial charge in [0.2, 0.25) is 0 Å². The van der Waals surface area contributed by atoms with Gasteiger partial charge in [0.25, 0.3) is 0 Å². The molecule has 2 rings (SSSR count). The largest absolute Gasteiger partial charge is 0.462 e. The van der Waals surface area contributed by atoms with Crippen molar-refractivity contribution in [2.24, 2.45) is 0 Å². The van der Waals surface area contributed by atoms with E-state index in [0.29, 0.717) is 17.2 Å². The first-order chi connectivity index (χ1) is 7.22. The number of nitrogens with one attached hydrogen (secondary N) is 1. The quantitative estimate of drug-likeness (QED) is 0.796. The van der Waals surface area contributed by atoms with E-state index < -0.39 is 0 Å². The summed E-state index contributed by atoms with van der Waals surface area (Å²) in [5.41, 5.74) is 1.32. The molecule has 2 aromatic rings. The van der Waals surface area contributed by atoms with Crippen LogP contribution in [0, 0.1) is 0 Å². The maximum Gasteiger partial charge on any atom is 0.338 e. The van der Waals surface area contributed by atoms with Gasteiger partial charge in [0.1, 0.15) is 0 Å². The van der Waals surface area contributed by atoms with E-state index in [9.17, 15) is 4.79 Å². The molecule has 0 atom stereocenters. The van der Waals surface area contributed by atoms with E-state index in [-0.39, 0.29) is 5.97 Å². The number of benzene rings is 1. The summed E-state index contributed by atoms with van der Waals surface area (Å²) in [5, 5.41) is 1.44. The average molecular weight is 224 g/mol. The number of hydrogen-bond acceptors (Lipinski definition) is 2. The molecule has 3 nitrogen and oxygen atoms in total. The van der Waals surface area contributed by atoms with Crippen LogP contribution in [0.5, 0.6) is 0 Å². The molecule has 0 aliphatic heterocycles. The van der Waals surface area contributed by atoms with Crippen LogP contribution in [0.15, 0.2) is 24.4 Å². The first-order valence-corrected chi connectivity index (χ1v) is 5.04. The van der Waals surface area contributed by atoms with Crippen LogP contribution < -0.4 is 0 Å². The Morgan fingerprint density at radius 2 is 2.33 bits per heavy atom. The Labute approximate surface area is 92.0 Å². The molecular weight excluding hydrogens is 214 g/mol. The highest BCUT2D eigenvalue weighted by atomic mass is 35.5. The number of halogens is 1. The van der Waals surface area contributed by atoms with Crippen LogP contribution in [-0.4, -0.2) is 17.6 Å². The number of carbonyl (C=O) groups is 1. The lowest BCUT2D eigenvalue weighted by Gasteiger charge is -2.02. The molecule has 0 saturated heterocycles. The third kappa shape index (κ3) is 1.83. The van der Waals surface area contributed by atoms with E-state index in [1.54, 1.807) is 25.3 Å². The summed E-state index contributed by atoms with van der Waals surface area (Å²) in [4.78, 5) is 14.5. The molecule has 0 fully saturated rings. The smallest absolute Gasteiger partial charge is 0.338 e. The second-order valence-corrected chi connectivity index (χ2v) is 3.53. The minimum absolute atomic E-state index is 0.345. The average Bonchev–Trinajstić information content (AvgIpc) is 2.66. The topological polar surface area (TPSA) is 42.1 Å². The van der Waals surface area contributed by atoms with Crippen molar-refractivity contribution in [3.05, 3.63) is 35.0 Å². The van der Waals surface area contributed by atoms with Crippen LogP contribution in [0.1, 0.15) is 17.3 Å². The molecular formula is C11H10ClNO2. The molecule has 78 valence electrons. The lowest BCUT2D eigenvalue weighted by atomic mass is 10.1. The second-order valence-electron chi connectivity index (χ2n) is 3.12. The highest BCUT2D eigenvalue weighted by Gasteiger charge is 2.10. The van der Waals surface area contributed by atoms with Gasteiger partial charge in [-0.1, -0.05) is 11.6 Å². The Hall–Kier alpha value is -1.48. The number of carbonyl (C=O) groups excluding carboxylic acids is 1. The van der Waals surface area contributed by atoms with E-state index in [2.05, 4.69) is 4.98 Å². The number of aromatic nitrogens is 1. The minimum atomic E-state index is -0.345. The maximum absolute atomic E-state index is 11.5. The fraction of sp³-hybridized carbons (Fsp3) is 0.182. The van der Waals surface area contributed by atoms with E-state index in [0.717, 1.165) is 10.9 Å². The lowest BCUT2D eigenvalue weighted by Crippen LogP contribution is -2.04.